The average Bonchev–Trinajstić information content (AvgIpc) is 3.23. The fraction of sp³-hybridized carbons (Fsp3) is 0.294. The monoisotopic (exact) mass is 421 g/mol. The first-order valence-electron chi connectivity index (χ1n) is 8.51. The molecule has 0 amide bonds. The van der Waals surface area contributed by atoms with Crippen molar-refractivity contribution in [2.45, 2.75) is 36.2 Å². The van der Waals surface area contributed by atoms with Crippen LogP contribution in [0.2, 0.25) is 0 Å². The van der Waals surface area contributed by atoms with Crippen molar-refractivity contribution in [1.82, 2.24) is 19.5 Å². The first kappa shape index (κ1) is 19.4. The van der Waals surface area contributed by atoms with Gasteiger partial charge in [0, 0.05) is 12.0 Å². The number of anilines is 1. The molecule has 3 heterocycles. The van der Waals surface area contributed by atoms with Crippen LogP contribution < -0.4 is 5.73 Å². The molecule has 0 spiro atoms. The number of aromatic nitrogens is 4. The lowest BCUT2D eigenvalue weighted by Gasteiger charge is -2.24. The predicted octanol–water partition coefficient (Wildman–Crippen LogP) is 0.988. The SMILES string of the molecule is CC1OC(n2cnc3c(N)ncnc32)C[C@@]1(O)C(=O)c1ccc(S(=O)(=O)F)cc1. The molecule has 0 radical (unpaired) electrons. The molecule has 4 rings (SSSR count). The van der Waals surface area contributed by atoms with Crippen LogP contribution in [0.5, 0.6) is 0 Å². The Kier molecular flexibility index (Phi) is 4.37. The number of halogens is 1. The molecule has 29 heavy (non-hydrogen) atoms. The van der Waals surface area contributed by atoms with E-state index in [0.717, 1.165) is 24.3 Å². The second kappa shape index (κ2) is 6.54. The summed E-state index contributed by atoms with van der Waals surface area (Å²) in [6.07, 6.45) is 0.965. The van der Waals surface area contributed by atoms with Crippen molar-refractivity contribution in [1.29, 1.82) is 0 Å². The summed E-state index contributed by atoms with van der Waals surface area (Å²) in [5.74, 6) is -0.483. The first-order chi connectivity index (χ1) is 13.6. The standard InChI is InChI=1S/C17H16FN5O5S/c1-9-17(25,14(24)10-2-4-11(5-3-10)29(18,26)27)6-12(28-9)23-8-22-13-15(19)20-7-21-16(13)23/h2-5,7-9,12,25H,6H2,1H3,(H2,19,20,21)/t9?,12?,17-/m0/s1. The Hall–Kier alpha value is -2.96. The lowest BCUT2D eigenvalue weighted by Crippen LogP contribution is -2.44. The zero-order chi connectivity index (χ0) is 21.0. The molecule has 1 aliphatic heterocycles. The molecule has 2 aromatic heterocycles. The van der Waals surface area contributed by atoms with Crippen LogP contribution in [-0.2, 0) is 15.0 Å². The summed E-state index contributed by atoms with van der Waals surface area (Å²) in [6.45, 7) is 1.54. The zero-order valence-electron chi connectivity index (χ0n) is 15.1. The summed E-state index contributed by atoms with van der Waals surface area (Å²) in [5.41, 5.74) is 4.67. The van der Waals surface area contributed by atoms with E-state index < -0.39 is 38.8 Å². The van der Waals surface area contributed by atoms with Gasteiger partial charge in [0.05, 0.1) is 17.3 Å². The van der Waals surface area contributed by atoms with Crippen LogP contribution in [0.3, 0.4) is 0 Å². The summed E-state index contributed by atoms with van der Waals surface area (Å²) >= 11 is 0. The fourth-order valence-electron chi connectivity index (χ4n) is 3.37. The van der Waals surface area contributed by atoms with Gasteiger partial charge < -0.3 is 15.6 Å². The summed E-state index contributed by atoms with van der Waals surface area (Å²) in [4.78, 5) is 24.5. The summed E-state index contributed by atoms with van der Waals surface area (Å²) in [7, 11) is -4.88. The van der Waals surface area contributed by atoms with Crippen molar-refractivity contribution in [3.8, 4) is 0 Å². The second-order valence-corrected chi connectivity index (χ2v) is 8.08. The first-order valence-corrected chi connectivity index (χ1v) is 9.90. The number of nitrogen functional groups attached to an aromatic ring is 1. The molecule has 0 aliphatic carbocycles. The number of ether oxygens (including phenoxy) is 1. The lowest BCUT2D eigenvalue weighted by atomic mass is 9.87. The van der Waals surface area contributed by atoms with Gasteiger partial charge in [-0.15, -0.1) is 3.89 Å². The molecule has 1 fully saturated rings. The van der Waals surface area contributed by atoms with E-state index in [-0.39, 0.29) is 17.8 Å². The Labute approximate surface area is 164 Å². The third-order valence-electron chi connectivity index (χ3n) is 5.01. The third kappa shape index (κ3) is 3.14. The molecular formula is C17H16FN5O5S. The Morgan fingerprint density at radius 3 is 2.66 bits per heavy atom. The molecule has 10 nitrogen and oxygen atoms in total. The minimum Gasteiger partial charge on any atom is -0.382 e. The topological polar surface area (TPSA) is 150 Å². The van der Waals surface area contributed by atoms with Crippen molar-refractivity contribution < 1.29 is 26.9 Å². The molecule has 0 saturated carbocycles. The van der Waals surface area contributed by atoms with Gasteiger partial charge in [0.15, 0.2) is 22.8 Å². The van der Waals surface area contributed by atoms with Crippen molar-refractivity contribution >= 4 is 33.0 Å². The Morgan fingerprint density at radius 1 is 1.31 bits per heavy atom. The van der Waals surface area contributed by atoms with Gasteiger partial charge in [0.25, 0.3) is 0 Å². The van der Waals surface area contributed by atoms with Gasteiger partial charge in [-0.05, 0) is 31.2 Å². The third-order valence-corrected chi connectivity index (χ3v) is 5.84. The number of hydrogen-bond donors (Lipinski definition) is 2. The van der Waals surface area contributed by atoms with Crippen LogP contribution in [0.25, 0.3) is 11.2 Å². The van der Waals surface area contributed by atoms with Gasteiger partial charge in [-0.3, -0.25) is 9.36 Å². The molecule has 0 bridgehead atoms. The number of nitrogens with zero attached hydrogens (tertiary/aromatic N) is 4. The van der Waals surface area contributed by atoms with E-state index in [4.69, 9.17) is 10.5 Å². The molecule has 2 unspecified atom stereocenters. The van der Waals surface area contributed by atoms with E-state index in [2.05, 4.69) is 15.0 Å². The molecule has 1 aromatic carbocycles. The molecule has 152 valence electrons. The number of Topliss-reactive ketones (excluding diaryl/α,β-unsaturated/α-hetero) is 1. The zero-order valence-corrected chi connectivity index (χ0v) is 15.9. The van der Waals surface area contributed by atoms with E-state index in [1.165, 1.54) is 12.7 Å². The number of ketones is 1. The quantitative estimate of drug-likeness (QED) is 0.464. The van der Waals surface area contributed by atoms with Crippen LogP contribution in [0.15, 0.2) is 41.8 Å². The average molecular weight is 421 g/mol. The van der Waals surface area contributed by atoms with Gasteiger partial charge in [0.1, 0.15) is 18.1 Å². The highest BCUT2D eigenvalue weighted by molar-refractivity contribution is 7.86. The number of imidazole rings is 1. The Bertz CT molecular complexity index is 1210. The maximum Gasteiger partial charge on any atom is 0.332 e. The number of hydrogen-bond acceptors (Lipinski definition) is 9. The van der Waals surface area contributed by atoms with Crippen molar-refractivity contribution in [2.75, 3.05) is 5.73 Å². The highest BCUT2D eigenvalue weighted by Crippen LogP contribution is 2.40. The number of rotatable bonds is 4. The smallest absolute Gasteiger partial charge is 0.332 e. The molecule has 1 saturated heterocycles. The molecule has 12 heteroatoms. The number of aliphatic hydroxyl groups is 1. The molecule has 3 N–H and O–H groups in total. The lowest BCUT2D eigenvalue weighted by molar-refractivity contribution is -0.0346. The number of nitrogens with two attached hydrogens (primary N) is 1. The number of carbonyl (C=O) groups excluding carboxylic acids is 1. The van der Waals surface area contributed by atoms with Crippen LogP contribution >= 0.6 is 0 Å². The fourth-order valence-corrected chi connectivity index (χ4v) is 3.83. The van der Waals surface area contributed by atoms with Gasteiger partial charge in [-0.1, -0.05) is 0 Å². The normalized spacial score (nSPS) is 24.8. The van der Waals surface area contributed by atoms with Crippen LogP contribution in [0.4, 0.5) is 9.70 Å². The predicted molar refractivity (Wildman–Crippen MR) is 98.0 cm³/mol. The highest BCUT2D eigenvalue weighted by atomic mass is 32.3. The van der Waals surface area contributed by atoms with Crippen molar-refractivity contribution in [3.05, 3.63) is 42.5 Å². The summed E-state index contributed by atoms with van der Waals surface area (Å²) < 4.78 is 42.3. The van der Waals surface area contributed by atoms with Crippen LogP contribution in [-0.4, -0.2) is 50.5 Å². The van der Waals surface area contributed by atoms with Gasteiger partial charge in [-0.2, -0.15) is 8.42 Å². The maximum atomic E-state index is 13.0. The number of fused-ring (bicyclic) bond motifs is 1. The van der Waals surface area contributed by atoms with Crippen LogP contribution in [0.1, 0.15) is 29.9 Å². The van der Waals surface area contributed by atoms with E-state index in [1.54, 1.807) is 11.5 Å². The minimum absolute atomic E-state index is 0.0260. The van der Waals surface area contributed by atoms with E-state index >= 15 is 0 Å². The van der Waals surface area contributed by atoms with E-state index in [9.17, 15) is 22.2 Å². The van der Waals surface area contributed by atoms with E-state index in [1.807, 2.05) is 0 Å². The Morgan fingerprint density at radius 2 is 2.00 bits per heavy atom. The van der Waals surface area contributed by atoms with Crippen molar-refractivity contribution in [2.24, 2.45) is 0 Å². The largest absolute Gasteiger partial charge is 0.382 e. The van der Waals surface area contributed by atoms with Gasteiger partial charge in [0.2, 0.25) is 0 Å². The molecule has 3 aromatic rings. The number of carbonyl (C=O) groups is 1. The van der Waals surface area contributed by atoms with Gasteiger partial charge >= 0.3 is 10.2 Å². The minimum atomic E-state index is -4.88. The second-order valence-electron chi connectivity index (χ2n) is 6.74. The summed E-state index contributed by atoms with van der Waals surface area (Å²) in [6, 6.07) is 4.22. The summed E-state index contributed by atoms with van der Waals surface area (Å²) in [5, 5.41) is 11.0. The number of benzene rings is 1. The highest BCUT2D eigenvalue weighted by Gasteiger charge is 2.51. The van der Waals surface area contributed by atoms with E-state index in [0.29, 0.717) is 11.2 Å². The van der Waals surface area contributed by atoms with Crippen molar-refractivity contribution in [3.63, 3.8) is 0 Å². The molecule has 3 atom stereocenters. The van der Waals surface area contributed by atoms with Crippen LogP contribution in [0, 0.1) is 0 Å². The molecular weight excluding hydrogens is 405 g/mol. The maximum absolute atomic E-state index is 13.0. The molecule has 1 aliphatic rings. The Balaban J connectivity index is 1.64. The van der Waals surface area contributed by atoms with Gasteiger partial charge in [-0.25, -0.2) is 15.0 Å².